The van der Waals surface area contributed by atoms with Crippen LogP contribution in [0.2, 0.25) is 0 Å². The minimum Gasteiger partial charge on any atom is -0.383 e. The lowest BCUT2D eigenvalue weighted by Crippen LogP contribution is -2.46. The summed E-state index contributed by atoms with van der Waals surface area (Å²) in [5, 5.41) is 5.33. The second kappa shape index (κ2) is 12.0. The Morgan fingerprint density at radius 3 is 2.43 bits per heavy atom. The molecule has 16 heteroatoms. The SMILES string of the molecule is CCC(=O)CN(C)C(=O)/C(N[C@@H](C)C(=O)Nc1cncc(-c2cnc(N3CC4C(C3)C4(F)F)cn2)n1)=C(/N)N(C)C=O. The zero-order valence-electron chi connectivity index (χ0n) is 23.5. The number of carbonyl (C=O) groups excluding carboxylic acids is 4. The molecule has 0 bridgehead atoms. The van der Waals surface area contributed by atoms with Gasteiger partial charge in [0.1, 0.15) is 34.8 Å². The van der Waals surface area contributed by atoms with Crippen molar-refractivity contribution in [3.63, 3.8) is 0 Å². The molecule has 0 aromatic carbocycles. The average Bonchev–Trinajstić information content (AvgIpc) is 3.29. The summed E-state index contributed by atoms with van der Waals surface area (Å²) in [6.45, 7) is 3.41. The number of nitrogens with zero attached hydrogens (tertiary/aromatic N) is 7. The van der Waals surface area contributed by atoms with Gasteiger partial charge in [0.15, 0.2) is 11.6 Å². The van der Waals surface area contributed by atoms with Gasteiger partial charge in [0.2, 0.25) is 12.3 Å². The third-order valence-corrected chi connectivity index (χ3v) is 7.23. The Balaban J connectivity index is 1.42. The minimum atomic E-state index is -2.59. The van der Waals surface area contributed by atoms with E-state index in [0.29, 0.717) is 23.6 Å². The van der Waals surface area contributed by atoms with Crippen LogP contribution >= 0.6 is 0 Å². The van der Waals surface area contributed by atoms with Crippen LogP contribution in [0.15, 0.2) is 36.3 Å². The maximum absolute atomic E-state index is 13.5. The number of rotatable bonds is 12. The van der Waals surface area contributed by atoms with Crippen LogP contribution in [0.3, 0.4) is 0 Å². The van der Waals surface area contributed by atoms with E-state index in [1.807, 2.05) is 0 Å². The lowest BCUT2D eigenvalue weighted by Gasteiger charge is -2.25. The molecule has 42 heavy (non-hydrogen) atoms. The number of likely N-dealkylation sites (N-methyl/N-ethyl adjacent to an activating group) is 1. The summed E-state index contributed by atoms with van der Waals surface area (Å²) in [5.74, 6) is -5.02. The van der Waals surface area contributed by atoms with Crippen LogP contribution in [0.25, 0.3) is 11.4 Å². The molecule has 1 saturated carbocycles. The second-order valence-electron chi connectivity index (χ2n) is 10.2. The molecule has 2 aromatic heterocycles. The van der Waals surface area contributed by atoms with Crippen molar-refractivity contribution >= 4 is 35.6 Å². The smallest absolute Gasteiger partial charge is 0.273 e. The van der Waals surface area contributed by atoms with E-state index < -0.39 is 35.6 Å². The van der Waals surface area contributed by atoms with E-state index in [-0.39, 0.29) is 49.2 Å². The predicted octanol–water partition coefficient (Wildman–Crippen LogP) is 0.205. The molecule has 1 saturated heterocycles. The van der Waals surface area contributed by atoms with Gasteiger partial charge in [-0.2, -0.15) is 0 Å². The molecule has 4 rings (SSSR count). The van der Waals surface area contributed by atoms with Crippen molar-refractivity contribution in [3.05, 3.63) is 36.3 Å². The van der Waals surface area contributed by atoms with Gasteiger partial charge in [-0.05, 0) is 6.92 Å². The Hall–Kier alpha value is -4.76. The highest BCUT2D eigenvalue weighted by atomic mass is 19.3. The molecule has 2 aromatic rings. The molecule has 2 aliphatic rings. The number of nitrogens with two attached hydrogens (primary N) is 1. The zero-order valence-corrected chi connectivity index (χ0v) is 23.5. The summed E-state index contributed by atoms with van der Waals surface area (Å²) in [7, 11) is 2.74. The van der Waals surface area contributed by atoms with Gasteiger partial charge < -0.3 is 31.1 Å². The van der Waals surface area contributed by atoms with Crippen LogP contribution in [-0.2, 0) is 19.2 Å². The molecule has 14 nitrogen and oxygen atoms in total. The molecule has 3 atom stereocenters. The number of alkyl halides is 2. The van der Waals surface area contributed by atoms with Crippen molar-refractivity contribution in [3.8, 4) is 11.4 Å². The summed E-state index contributed by atoms with van der Waals surface area (Å²) in [4.78, 5) is 70.1. The van der Waals surface area contributed by atoms with Crippen molar-refractivity contribution in [2.75, 3.05) is 43.9 Å². The molecule has 0 radical (unpaired) electrons. The number of Topliss-reactive ketones (excluding diaryl/α,β-unsaturated/α-hetero) is 1. The summed E-state index contributed by atoms with van der Waals surface area (Å²) < 4.78 is 27.0. The van der Waals surface area contributed by atoms with Gasteiger partial charge in [0.05, 0.1) is 43.2 Å². The number of amides is 3. The Labute approximate surface area is 240 Å². The maximum Gasteiger partial charge on any atom is 0.273 e. The number of hydrogen-bond acceptors (Lipinski definition) is 11. The highest BCUT2D eigenvalue weighted by Crippen LogP contribution is 2.59. The molecular weight excluding hydrogens is 554 g/mol. The molecule has 1 aliphatic carbocycles. The highest BCUT2D eigenvalue weighted by molar-refractivity contribution is 5.99. The minimum absolute atomic E-state index is 0.0828. The molecule has 1 aliphatic heterocycles. The number of nitrogens with one attached hydrogen (secondary N) is 2. The largest absolute Gasteiger partial charge is 0.383 e. The quantitative estimate of drug-likeness (QED) is 0.229. The Morgan fingerprint density at radius 1 is 1.14 bits per heavy atom. The fourth-order valence-corrected chi connectivity index (χ4v) is 4.50. The first-order chi connectivity index (χ1) is 19.9. The van der Waals surface area contributed by atoms with E-state index in [1.54, 1.807) is 11.8 Å². The van der Waals surface area contributed by atoms with Gasteiger partial charge in [-0.3, -0.25) is 24.2 Å². The third kappa shape index (κ3) is 6.26. The number of piperidine rings is 1. The van der Waals surface area contributed by atoms with Gasteiger partial charge in [-0.25, -0.2) is 23.7 Å². The fraction of sp³-hybridized carbons (Fsp3) is 0.462. The normalized spacial score (nSPS) is 19.6. The number of hydrogen-bond donors (Lipinski definition) is 3. The van der Waals surface area contributed by atoms with Crippen LogP contribution in [-0.4, -0.2) is 99.4 Å². The van der Waals surface area contributed by atoms with Crippen molar-refractivity contribution in [1.82, 2.24) is 35.1 Å². The van der Waals surface area contributed by atoms with Crippen LogP contribution < -0.4 is 21.3 Å². The van der Waals surface area contributed by atoms with Gasteiger partial charge in [0, 0.05) is 33.6 Å². The van der Waals surface area contributed by atoms with E-state index >= 15 is 0 Å². The van der Waals surface area contributed by atoms with Gasteiger partial charge in [-0.1, -0.05) is 6.92 Å². The number of fused-ring (bicyclic) bond motifs is 1. The van der Waals surface area contributed by atoms with Crippen molar-refractivity contribution in [1.29, 1.82) is 0 Å². The van der Waals surface area contributed by atoms with E-state index in [9.17, 15) is 28.0 Å². The third-order valence-electron chi connectivity index (χ3n) is 7.23. The topological polar surface area (TPSA) is 180 Å². The Morgan fingerprint density at radius 2 is 1.83 bits per heavy atom. The monoisotopic (exact) mass is 586 g/mol. The summed E-state index contributed by atoms with van der Waals surface area (Å²) in [6.07, 6.45) is 6.29. The van der Waals surface area contributed by atoms with Crippen LogP contribution in [0.4, 0.5) is 20.4 Å². The van der Waals surface area contributed by atoms with E-state index in [2.05, 4.69) is 30.6 Å². The number of halogens is 2. The molecule has 4 N–H and O–H groups in total. The molecule has 0 spiro atoms. The predicted molar refractivity (Wildman–Crippen MR) is 146 cm³/mol. The lowest BCUT2D eigenvalue weighted by molar-refractivity contribution is -0.131. The van der Waals surface area contributed by atoms with E-state index in [0.717, 1.165) is 9.80 Å². The number of carbonyl (C=O) groups is 4. The van der Waals surface area contributed by atoms with Crippen molar-refractivity contribution in [2.24, 2.45) is 17.6 Å². The fourth-order valence-electron chi connectivity index (χ4n) is 4.50. The van der Waals surface area contributed by atoms with Crippen LogP contribution in [0.1, 0.15) is 20.3 Å². The number of aromatic nitrogens is 4. The average molecular weight is 587 g/mol. The molecule has 3 heterocycles. The maximum atomic E-state index is 13.5. The molecule has 224 valence electrons. The summed E-state index contributed by atoms with van der Waals surface area (Å²) in [6, 6.07) is -1.04. The standard InChI is InChI=1S/C26H32F2N10O4/c1-5-15(40)10-36(3)25(42)22(23(29)37(4)13-39)33-14(2)24(41)35-20-8-30-6-19(34-20)18-7-32-21(9-31-18)38-11-16-17(12-38)26(16,27)28/h6-9,13-14,16-17,33H,5,10-12,29H2,1-4H3,(H,34,35,41)/b23-22+/t14-,16?,17?/m0/s1. The highest BCUT2D eigenvalue weighted by Gasteiger charge is 2.71. The molecule has 3 amide bonds. The number of ketones is 1. The lowest BCUT2D eigenvalue weighted by atomic mass is 10.2. The number of anilines is 2. The van der Waals surface area contributed by atoms with Crippen molar-refractivity contribution in [2.45, 2.75) is 32.2 Å². The Kier molecular flexibility index (Phi) is 8.63. The van der Waals surface area contributed by atoms with Gasteiger partial charge >= 0.3 is 0 Å². The summed E-state index contributed by atoms with van der Waals surface area (Å²) in [5.41, 5.74) is 6.42. The van der Waals surface area contributed by atoms with Gasteiger partial charge in [-0.15, -0.1) is 0 Å². The zero-order chi connectivity index (χ0) is 30.8. The summed E-state index contributed by atoms with van der Waals surface area (Å²) >= 11 is 0. The van der Waals surface area contributed by atoms with E-state index in [1.165, 1.54) is 45.8 Å². The second-order valence-corrected chi connectivity index (χ2v) is 10.2. The van der Waals surface area contributed by atoms with Gasteiger partial charge in [0.25, 0.3) is 11.8 Å². The van der Waals surface area contributed by atoms with Crippen LogP contribution in [0, 0.1) is 11.8 Å². The first kappa shape index (κ1) is 30.2. The Bertz CT molecular complexity index is 1390. The van der Waals surface area contributed by atoms with Crippen LogP contribution in [0.5, 0.6) is 0 Å². The molecule has 2 fully saturated rings. The molecule has 2 unspecified atom stereocenters. The first-order valence-corrected chi connectivity index (χ1v) is 13.2. The first-order valence-electron chi connectivity index (χ1n) is 13.2. The molecular formula is C26H32F2N10O4. The van der Waals surface area contributed by atoms with Crippen molar-refractivity contribution < 1.29 is 28.0 Å². The van der Waals surface area contributed by atoms with E-state index in [4.69, 9.17) is 5.73 Å².